The predicted molar refractivity (Wildman–Crippen MR) is 134 cm³/mol. The maximum atomic E-state index is 13.6. The Kier molecular flexibility index (Phi) is 6.44. The number of ether oxygens (including phenoxy) is 1. The molecule has 0 spiro atoms. The fourth-order valence-corrected chi connectivity index (χ4v) is 5.70. The van der Waals surface area contributed by atoms with E-state index in [1.165, 1.54) is 0 Å². The molecule has 182 valence electrons. The molecule has 3 aromatic rings. The Morgan fingerprint density at radius 2 is 1.82 bits per heavy atom. The molecule has 1 N–H and O–H groups in total. The highest BCUT2D eigenvalue weighted by atomic mass is 16.5. The first-order chi connectivity index (χ1) is 16.5. The molecule has 5 rings (SSSR count). The summed E-state index contributed by atoms with van der Waals surface area (Å²) in [6, 6.07) is 4.69. The van der Waals surface area contributed by atoms with E-state index in [9.17, 15) is 9.59 Å². The van der Waals surface area contributed by atoms with Gasteiger partial charge in [-0.1, -0.05) is 13.8 Å². The van der Waals surface area contributed by atoms with Crippen molar-refractivity contribution in [1.29, 1.82) is 0 Å². The van der Waals surface area contributed by atoms with E-state index >= 15 is 0 Å². The molecular formula is C26H35N5O3. The molecule has 0 unspecified atom stereocenters. The Morgan fingerprint density at radius 1 is 1.12 bits per heavy atom. The zero-order valence-electron chi connectivity index (χ0n) is 20.5. The number of nitrogens with zero attached hydrogens (tertiary/aromatic N) is 4. The van der Waals surface area contributed by atoms with E-state index in [1.54, 1.807) is 6.20 Å². The number of amides is 1. The van der Waals surface area contributed by atoms with E-state index in [1.807, 2.05) is 28.6 Å². The minimum atomic E-state index is -0.142. The predicted octanol–water partition coefficient (Wildman–Crippen LogP) is 3.48. The summed E-state index contributed by atoms with van der Waals surface area (Å²) < 4.78 is 7.51. The highest BCUT2D eigenvalue weighted by molar-refractivity contribution is 6.07. The molecule has 2 fully saturated rings. The number of piperazine rings is 1. The van der Waals surface area contributed by atoms with Gasteiger partial charge in [0.1, 0.15) is 0 Å². The zero-order valence-corrected chi connectivity index (χ0v) is 20.5. The van der Waals surface area contributed by atoms with Crippen molar-refractivity contribution >= 4 is 27.7 Å². The Balaban J connectivity index is 1.51. The van der Waals surface area contributed by atoms with Gasteiger partial charge in [0.2, 0.25) is 0 Å². The van der Waals surface area contributed by atoms with Gasteiger partial charge in [0.05, 0.1) is 28.7 Å². The van der Waals surface area contributed by atoms with Crippen LogP contribution in [0, 0.1) is 6.92 Å². The quantitative estimate of drug-likeness (QED) is 0.624. The summed E-state index contributed by atoms with van der Waals surface area (Å²) >= 11 is 0. The molecule has 0 radical (unpaired) electrons. The summed E-state index contributed by atoms with van der Waals surface area (Å²) in [6.07, 6.45) is 5.67. The van der Waals surface area contributed by atoms with Crippen molar-refractivity contribution in [2.75, 3.05) is 39.4 Å². The van der Waals surface area contributed by atoms with Crippen molar-refractivity contribution in [3.05, 3.63) is 39.8 Å². The van der Waals surface area contributed by atoms with Gasteiger partial charge >= 0.3 is 0 Å². The number of rotatable bonds is 5. The normalized spacial score (nSPS) is 18.4. The van der Waals surface area contributed by atoms with E-state index in [4.69, 9.17) is 4.74 Å². The number of benzene rings is 1. The van der Waals surface area contributed by atoms with Crippen molar-refractivity contribution in [3.63, 3.8) is 0 Å². The summed E-state index contributed by atoms with van der Waals surface area (Å²) in [5, 5.41) is 6.05. The summed E-state index contributed by atoms with van der Waals surface area (Å²) in [6.45, 7) is 11.1. The lowest BCUT2D eigenvalue weighted by atomic mass is 10.0. The van der Waals surface area contributed by atoms with Gasteiger partial charge in [-0.2, -0.15) is 5.10 Å². The van der Waals surface area contributed by atoms with Crippen molar-refractivity contribution in [2.24, 2.45) is 0 Å². The summed E-state index contributed by atoms with van der Waals surface area (Å²) in [5.41, 5.74) is 3.01. The standard InChI is InChI=1S/C26H35N5O3/c1-4-18(5-2)29-8-10-30(11-9-29)26(33)20-15-21-23(14-17(20)3)28-25(32)22-16-27-31(24(21)22)19-6-12-34-13-7-19/h14-16,18-19H,4-13H2,1-3H3,(H,28,32). The smallest absolute Gasteiger partial charge is 0.259 e. The minimum absolute atomic E-state index is 0.0695. The highest BCUT2D eigenvalue weighted by Crippen LogP contribution is 2.30. The van der Waals surface area contributed by atoms with Crippen LogP contribution in [0.15, 0.2) is 23.1 Å². The number of aromatic amines is 1. The Morgan fingerprint density at radius 3 is 2.50 bits per heavy atom. The van der Waals surface area contributed by atoms with Gasteiger partial charge in [-0.15, -0.1) is 0 Å². The molecule has 2 saturated heterocycles. The van der Waals surface area contributed by atoms with Crippen LogP contribution in [0.3, 0.4) is 0 Å². The molecule has 0 bridgehead atoms. The van der Waals surface area contributed by atoms with Gasteiger partial charge in [-0.25, -0.2) is 0 Å². The van der Waals surface area contributed by atoms with Crippen molar-refractivity contribution in [3.8, 4) is 0 Å². The van der Waals surface area contributed by atoms with Gasteiger partial charge in [-0.3, -0.25) is 19.2 Å². The van der Waals surface area contributed by atoms with E-state index in [0.29, 0.717) is 30.2 Å². The van der Waals surface area contributed by atoms with E-state index in [0.717, 1.165) is 73.8 Å². The van der Waals surface area contributed by atoms with Gasteiger partial charge < -0.3 is 14.6 Å². The second-order valence-corrected chi connectivity index (χ2v) is 9.66. The number of carbonyl (C=O) groups is 1. The molecule has 8 nitrogen and oxygen atoms in total. The van der Waals surface area contributed by atoms with Gasteiger partial charge in [0, 0.05) is 56.4 Å². The number of hydrogen-bond acceptors (Lipinski definition) is 5. The lowest BCUT2D eigenvalue weighted by molar-refractivity contribution is 0.0559. The first-order valence-corrected chi connectivity index (χ1v) is 12.7. The van der Waals surface area contributed by atoms with Crippen LogP contribution in [0.1, 0.15) is 61.5 Å². The van der Waals surface area contributed by atoms with Crippen LogP contribution >= 0.6 is 0 Å². The number of pyridine rings is 1. The Labute approximate surface area is 199 Å². The van der Waals surface area contributed by atoms with Crippen LogP contribution in [0.5, 0.6) is 0 Å². The number of nitrogens with one attached hydrogen (secondary N) is 1. The fraction of sp³-hybridized carbons (Fsp3) is 0.577. The Hall–Kier alpha value is -2.71. The van der Waals surface area contributed by atoms with Gasteiger partial charge in [-0.05, 0) is 50.3 Å². The first kappa shape index (κ1) is 23.1. The molecule has 34 heavy (non-hydrogen) atoms. The average molecular weight is 466 g/mol. The molecule has 1 amide bonds. The summed E-state index contributed by atoms with van der Waals surface area (Å²) in [5.74, 6) is 0.0695. The second-order valence-electron chi connectivity index (χ2n) is 9.66. The number of fused-ring (bicyclic) bond motifs is 3. The van der Waals surface area contributed by atoms with Crippen LogP contribution in [-0.2, 0) is 4.74 Å². The molecule has 0 saturated carbocycles. The Bertz CT molecular complexity index is 1240. The van der Waals surface area contributed by atoms with E-state index < -0.39 is 0 Å². The van der Waals surface area contributed by atoms with Crippen LogP contribution in [-0.4, -0.2) is 75.9 Å². The van der Waals surface area contributed by atoms with Crippen molar-refractivity contribution in [2.45, 2.75) is 58.5 Å². The average Bonchev–Trinajstić information content (AvgIpc) is 3.31. The van der Waals surface area contributed by atoms with Crippen LogP contribution < -0.4 is 5.56 Å². The molecule has 4 heterocycles. The summed E-state index contributed by atoms with van der Waals surface area (Å²) in [7, 11) is 0. The van der Waals surface area contributed by atoms with E-state index in [-0.39, 0.29) is 17.5 Å². The largest absolute Gasteiger partial charge is 0.381 e. The molecule has 0 atom stereocenters. The van der Waals surface area contributed by atoms with Gasteiger partial charge in [0.15, 0.2) is 0 Å². The topological polar surface area (TPSA) is 83.5 Å². The molecule has 2 aliphatic heterocycles. The maximum Gasteiger partial charge on any atom is 0.259 e. The molecule has 2 aliphatic rings. The fourth-order valence-electron chi connectivity index (χ4n) is 5.70. The molecular weight excluding hydrogens is 430 g/mol. The van der Waals surface area contributed by atoms with Crippen LogP contribution in [0.4, 0.5) is 0 Å². The van der Waals surface area contributed by atoms with E-state index in [2.05, 4.69) is 28.8 Å². The first-order valence-electron chi connectivity index (χ1n) is 12.7. The van der Waals surface area contributed by atoms with Crippen LogP contribution in [0.2, 0.25) is 0 Å². The lowest BCUT2D eigenvalue weighted by Gasteiger charge is -2.39. The number of carbonyl (C=O) groups excluding carboxylic acids is 1. The molecule has 0 aliphatic carbocycles. The monoisotopic (exact) mass is 465 g/mol. The third-order valence-electron chi connectivity index (χ3n) is 7.74. The minimum Gasteiger partial charge on any atom is -0.381 e. The zero-order chi connectivity index (χ0) is 23.8. The highest BCUT2D eigenvalue weighted by Gasteiger charge is 2.27. The number of aromatic nitrogens is 3. The maximum absolute atomic E-state index is 13.6. The summed E-state index contributed by atoms with van der Waals surface area (Å²) in [4.78, 5) is 33.9. The van der Waals surface area contributed by atoms with Gasteiger partial charge in [0.25, 0.3) is 11.5 Å². The van der Waals surface area contributed by atoms with Crippen molar-refractivity contribution < 1.29 is 9.53 Å². The number of aryl methyl sites for hydroxylation is 1. The number of hydrogen-bond donors (Lipinski definition) is 1. The van der Waals surface area contributed by atoms with Crippen LogP contribution in [0.25, 0.3) is 21.8 Å². The number of H-pyrrole nitrogens is 1. The second kappa shape index (κ2) is 9.50. The third-order valence-corrected chi connectivity index (χ3v) is 7.74. The third kappa shape index (κ3) is 4.03. The molecule has 1 aromatic carbocycles. The SMILES string of the molecule is CCC(CC)N1CCN(C(=O)c2cc3c(cc2C)[nH]c(=O)c2cnn(C4CCOCC4)c23)CC1. The van der Waals surface area contributed by atoms with Crippen molar-refractivity contribution in [1.82, 2.24) is 24.6 Å². The molecule has 8 heteroatoms. The lowest BCUT2D eigenvalue weighted by Crippen LogP contribution is -2.51. The molecule has 2 aromatic heterocycles.